The molecule has 3 aliphatic heterocycles. The number of piperidine rings is 1. The molecule has 2 atom stereocenters. The quantitative estimate of drug-likeness (QED) is 0.713. The Kier molecular flexibility index (Phi) is 6.04. The number of aromatic nitrogens is 2. The van der Waals surface area contributed by atoms with E-state index in [4.69, 9.17) is 9.97 Å². The summed E-state index contributed by atoms with van der Waals surface area (Å²) in [6.07, 6.45) is 13.2. The van der Waals surface area contributed by atoms with Crippen molar-refractivity contribution >= 4 is 22.8 Å². The summed E-state index contributed by atoms with van der Waals surface area (Å²) in [6, 6.07) is 1.17. The Morgan fingerprint density at radius 1 is 1.07 bits per heavy atom. The van der Waals surface area contributed by atoms with Gasteiger partial charge in [-0.1, -0.05) is 11.8 Å². The molecule has 3 saturated heterocycles. The zero-order chi connectivity index (χ0) is 20.7. The summed E-state index contributed by atoms with van der Waals surface area (Å²) in [5, 5.41) is 0.387. The van der Waals surface area contributed by atoms with Crippen molar-refractivity contribution in [3.63, 3.8) is 0 Å². The zero-order valence-corrected chi connectivity index (χ0v) is 19.2. The number of carbonyl (C=O) groups is 1. The summed E-state index contributed by atoms with van der Waals surface area (Å²) >= 11 is 1.40. The minimum absolute atomic E-state index is 0.328. The second-order valence-corrected chi connectivity index (χ2v) is 10.8. The van der Waals surface area contributed by atoms with Gasteiger partial charge in [-0.3, -0.25) is 4.79 Å². The largest absolute Gasteiger partial charge is 0.332 e. The average Bonchev–Trinajstić information content (AvgIpc) is 3.01. The highest BCUT2D eigenvalue weighted by Crippen LogP contribution is 2.38. The fourth-order valence-corrected chi connectivity index (χ4v) is 6.70. The molecule has 5 rings (SSSR count). The zero-order valence-electron chi connectivity index (χ0n) is 18.4. The van der Waals surface area contributed by atoms with Crippen LogP contribution in [-0.4, -0.2) is 83.0 Å². The number of hydrogen-bond donors (Lipinski definition) is 0. The van der Waals surface area contributed by atoms with Gasteiger partial charge in [0.05, 0.1) is 0 Å². The Labute approximate surface area is 184 Å². The highest BCUT2D eigenvalue weighted by atomic mass is 32.2. The number of fused-ring (bicyclic) bond motifs is 2. The van der Waals surface area contributed by atoms with Crippen LogP contribution in [-0.2, 0) is 4.79 Å². The fourth-order valence-electron chi connectivity index (χ4n) is 6.17. The number of hydrogen-bond acceptors (Lipinski definition) is 7. The number of nitrogens with zero attached hydrogens (tertiary/aromatic N) is 5. The molecular formula is C23H35N5OS. The van der Waals surface area contributed by atoms with Crippen LogP contribution in [0.15, 0.2) is 12.4 Å². The maximum absolute atomic E-state index is 11.7. The van der Waals surface area contributed by atoms with Crippen LogP contribution in [0.25, 0.3) is 0 Å². The van der Waals surface area contributed by atoms with Crippen LogP contribution in [0.1, 0.15) is 50.0 Å². The van der Waals surface area contributed by atoms with E-state index in [-0.39, 0.29) is 0 Å². The number of piperazine rings is 1. The monoisotopic (exact) mass is 429 g/mol. The Bertz CT molecular complexity index is 730. The van der Waals surface area contributed by atoms with Gasteiger partial charge in [0.25, 0.3) is 0 Å². The molecule has 30 heavy (non-hydrogen) atoms. The van der Waals surface area contributed by atoms with Gasteiger partial charge in [0.1, 0.15) is 0 Å². The number of likely N-dealkylation sites (tertiary alicyclic amines) is 2. The molecule has 1 aromatic rings. The Morgan fingerprint density at radius 2 is 1.70 bits per heavy atom. The van der Waals surface area contributed by atoms with Crippen LogP contribution in [0.2, 0.25) is 0 Å². The maximum Gasteiger partial charge on any atom is 0.225 e. The molecule has 0 N–H and O–H groups in total. The van der Waals surface area contributed by atoms with Crippen molar-refractivity contribution in [2.45, 2.75) is 56.5 Å². The lowest BCUT2D eigenvalue weighted by Gasteiger charge is -2.40. The van der Waals surface area contributed by atoms with Gasteiger partial charge in [0, 0.05) is 50.0 Å². The molecule has 4 heterocycles. The van der Waals surface area contributed by atoms with Crippen molar-refractivity contribution < 1.29 is 4.79 Å². The number of carbonyl (C=O) groups excluding carboxylic acids is 1. The van der Waals surface area contributed by atoms with E-state index in [1.807, 2.05) is 6.26 Å². The van der Waals surface area contributed by atoms with Crippen molar-refractivity contribution in [2.24, 2.45) is 11.8 Å². The predicted molar refractivity (Wildman–Crippen MR) is 122 cm³/mol. The highest BCUT2D eigenvalue weighted by molar-refractivity contribution is 8.13. The van der Waals surface area contributed by atoms with Gasteiger partial charge in [-0.05, 0) is 82.3 Å². The van der Waals surface area contributed by atoms with E-state index in [2.05, 4.69) is 34.1 Å². The molecule has 0 amide bonds. The van der Waals surface area contributed by atoms with Gasteiger partial charge >= 0.3 is 0 Å². The molecule has 4 aliphatic rings. The van der Waals surface area contributed by atoms with Crippen LogP contribution in [0.4, 0.5) is 5.95 Å². The first-order valence-electron chi connectivity index (χ1n) is 11.7. The van der Waals surface area contributed by atoms with E-state index in [0.717, 1.165) is 50.9 Å². The van der Waals surface area contributed by atoms with E-state index in [1.54, 1.807) is 0 Å². The molecule has 164 valence electrons. The van der Waals surface area contributed by atoms with Gasteiger partial charge < -0.3 is 14.7 Å². The lowest BCUT2D eigenvalue weighted by atomic mass is 9.75. The molecular weight excluding hydrogens is 394 g/mol. The summed E-state index contributed by atoms with van der Waals surface area (Å²) in [4.78, 5) is 28.9. The molecule has 1 saturated carbocycles. The van der Waals surface area contributed by atoms with Gasteiger partial charge in [0.2, 0.25) is 5.95 Å². The third-order valence-corrected chi connectivity index (χ3v) is 8.64. The van der Waals surface area contributed by atoms with Crippen molar-refractivity contribution in [3.05, 3.63) is 18.0 Å². The minimum Gasteiger partial charge on any atom is -0.332 e. The van der Waals surface area contributed by atoms with Crippen LogP contribution in [0.5, 0.6) is 0 Å². The Morgan fingerprint density at radius 3 is 2.30 bits per heavy atom. The summed E-state index contributed by atoms with van der Waals surface area (Å²) in [5.74, 6) is 2.58. The second-order valence-electron chi connectivity index (χ2n) is 9.96. The molecule has 0 aromatic carbocycles. The Hall–Kier alpha value is -1.18. The van der Waals surface area contributed by atoms with Gasteiger partial charge in [-0.2, -0.15) is 0 Å². The average molecular weight is 430 g/mol. The number of anilines is 1. The maximum atomic E-state index is 11.7. The molecule has 7 heteroatoms. The van der Waals surface area contributed by atoms with E-state index in [0.29, 0.717) is 29.0 Å². The Balaban J connectivity index is 1.11. The van der Waals surface area contributed by atoms with E-state index in [1.165, 1.54) is 49.6 Å². The molecule has 0 radical (unpaired) electrons. The molecule has 1 aromatic heterocycles. The van der Waals surface area contributed by atoms with E-state index < -0.39 is 0 Å². The van der Waals surface area contributed by atoms with Crippen LogP contribution >= 0.6 is 11.8 Å². The second kappa shape index (κ2) is 8.75. The minimum atomic E-state index is 0.328. The van der Waals surface area contributed by atoms with Gasteiger partial charge in [-0.15, -0.1) is 0 Å². The van der Waals surface area contributed by atoms with Crippen LogP contribution in [0, 0.1) is 11.8 Å². The lowest BCUT2D eigenvalue weighted by Crippen LogP contribution is -2.53. The van der Waals surface area contributed by atoms with Crippen molar-refractivity contribution in [3.8, 4) is 0 Å². The molecule has 1 aliphatic carbocycles. The van der Waals surface area contributed by atoms with Crippen molar-refractivity contribution in [1.82, 2.24) is 19.8 Å². The first kappa shape index (κ1) is 20.7. The highest BCUT2D eigenvalue weighted by Gasteiger charge is 2.40. The first-order chi connectivity index (χ1) is 14.6. The summed E-state index contributed by atoms with van der Waals surface area (Å²) in [5.41, 5.74) is 1.31. The fraction of sp³-hybridized carbons (Fsp3) is 0.783. The van der Waals surface area contributed by atoms with Gasteiger partial charge in [-0.25, -0.2) is 9.97 Å². The SMILES string of the molecule is CSC(=O)[C@H]1C[C@H](CN2CCC(c3cnc(N4C5CCC4CN(C)C5)nc3)CC2)C1. The van der Waals surface area contributed by atoms with E-state index >= 15 is 0 Å². The summed E-state index contributed by atoms with van der Waals surface area (Å²) in [6.45, 7) is 5.76. The molecule has 2 bridgehead atoms. The van der Waals surface area contributed by atoms with Crippen LogP contribution < -0.4 is 4.90 Å². The number of thioether (sulfide) groups is 1. The molecule has 6 nitrogen and oxygen atoms in total. The topological polar surface area (TPSA) is 52.6 Å². The van der Waals surface area contributed by atoms with Crippen molar-refractivity contribution in [1.29, 1.82) is 0 Å². The summed E-state index contributed by atoms with van der Waals surface area (Å²) < 4.78 is 0. The third kappa shape index (κ3) is 4.13. The smallest absolute Gasteiger partial charge is 0.225 e. The normalized spacial score (nSPS) is 32.9. The molecule has 2 unspecified atom stereocenters. The number of likely N-dealkylation sites (N-methyl/N-ethyl adjacent to an activating group) is 1. The molecule has 4 fully saturated rings. The number of rotatable bonds is 5. The van der Waals surface area contributed by atoms with Gasteiger partial charge in [0.15, 0.2) is 5.12 Å². The third-order valence-electron chi connectivity index (χ3n) is 7.90. The molecule has 0 spiro atoms. The predicted octanol–water partition coefficient (Wildman–Crippen LogP) is 2.85. The van der Waals surface area contributed by atoms with Crippen molar-refractivity contribution in [2.75, 3.05) is 50.9 Å². The first-order valence-corrected chi connectivity index (χ1v) is 12.9. The lowest BCUT2D eigenvalue weighted by molar-refractivity contribution is -0.118. The standard InChI is InChI=1S/C23H35N5OS/c1-26-14-20-3-4-21(15-26)28(20)23-24-11-19(12-25-23)17-5-7-27(8-6-17)13-16-9-18(10-16)22(29)30-2/h11-12,16-18,20-21H,3-10,13-15H2,1-2H3/t16-,18-,20?,21?. The summed E-state index contributed by atoms with van der Waals surface area (Å²) in [7, 11) is 2.23. The van der Waals surface area contributed by atoms with E-state index in [9.17, 15) is 4.79 Å². The van der Waals surface area contributed by atoms with Crippen LogP contribution in [0.3, 0.4) is 0 Å².